The monoisotopic (exact) mass is 209 g/mol. The van der Waals surface area contributed by atoms with Gasteiger partial charge < -0.3 is 20.9 Å². The highest BCUT2D eigenvalue weighted by atomic mass is 32.1. The van der Waals surface area contributed by atoms with E-state index in [1.165, 1.54) is 17.4 Å². The summed E-state index contributed by atoms with van der Waals surface area (Å²) in [6.45, 7) is 0. The molecule has 4 nitrogen and oxygen atoms in total. The van der Waals surface area contributed by atoms with Crippen molar-refractivity contribution in [3.8, 4) is 5.75 Å². The molecular weight excluding hydrogens is 201 g/mol. The van der Waals surface area contributed by atoms with Gasteiger partial charge in [-0.05, 0) is 16.8 Å². The number of rotatable bonds is 1. The highest BCUT2D eigenvalue weighted by Crippen LogP contribution is 2.29. The van der Waals surface area contributed by atoms with E-state index in [9.17, 15) is 5.11 Å². The number of nitrogens with two attached hydrogens (primary N) is 1. The summed E-state index contributed by atoms with van der Waals surface area (Å²) in [6, 6.07) is 3.03. The van der Waals surface area contributed by atoms with Gasteiger partial charge in [-0.3, -0.25) is 0 Å². The first-order valence-corrected chi connectivity index (χ1v) is 4.84. The smallest absolute Gasteiger partial charge is 0.492 e. The average Bonchev–Trinajstić information content (AvgIpc) is 2.51. The van der Waals surface area contributed by atoms with Gasteiger partial charge in [0, 0.05) is 11.5 Å². The molecule has 5 N–H and O–H groups in total. The molecule has 0 unspecified atom stereocenters. The Bertz CT molecular complexity index is 483. The molecule has 72 valence electrons. The van der Waals surface area contributed by atoms with Crippen molar-refractivity contribution in [3.63, 3.8) is 0 Å². The van der Waals surface area contributed by atoms with E-state index < -0.39 is 7.12 Å². The molecule has 0 aliphatic heterocycles. The summed E-state index contributed by atoms with van der Waals surface area (Å²) in [5.74, 6) is -0.191. The van der Waals surface area contributed by atoms with E-state index in [0.29, 0.717) is 11.1 Å². The Morgan fingerprint density at radius 3 is 2.71 bits per heavy atom. The molecule has 0 aliphatic rings. The van der Waals surface area contributed by atoms with E-state index in [4.69, 9.17) is 15.8 Å². The largest absolute Gasteiger partial charge is 0.508 e. The lowest BCUT2D eigenvalue weighted by Gasteiger charge is -2.06. The van der Waals surface area contributed by atoms with E-state index in [1.54, 1.807) is 11.4 Å². The van der Waals surface area contributed by atoms with Crippen LogP contribution in [-0.4, -0.2) is 22.3 Å². The van der Waals surface area contributed by atoms with Crippen LogP contribution in [0.3, 0.4) is 0 Å². The van der Waals surface area contributed by atoms with Crippen molar-refractivity contribution in [1.82, 2.24) is 0 Å². The molecule has 2 rings (SSSR count). The molecule has 2 aromatic rings. The Morgan fingerprint density at radius 2 is 2.07 bits per heavy atom. The standard InChI is InChI=1S/C8H8BNO3S/c10-5-3-6(11)7(9(12)13)4-1-2-14-8(4)5/h1-3,11-13H,10H2. The first kappa shape index (κ1) is 9.33. The number of hydrogen-bond acceptors (Lipinski definition) is 5. The van der Waals surface area contributed by atoms with E-state index in [2.05, 4.69) is 0 Å². The lowest BCUT2D eigenvalue weighted by Crippen LogP contribution is -2.30. The minimum atomic E-state index is -1.69. The van der Waals surface area contributed by atoms with Gasteiger partial charge in [0.1, 0.15) is 5.75 Å². The minimum Gasteiger partial charge on any atom is -0.508 e. The average molecular weight is 209 g/mol. The van der Waals surface area contributed by atoms with Gasteiger partial charge in [0.2, 0.25) is 0 Å². The molecule has 0 amide bonds. The van der Waals surface area contributed by atoms with Crippen molar-refractivity contribution in [2.24, 2.45) is 0 Å². The number of aromatic hydroxyl groups is 1. The fraction of sp³-hybridized carbons (Fsp3) is 0. The van der Waals surface area contributed by atoms with E-state index in [0.717, 1.165) is 4.70 Å². The van der Waals surface area contributed by atoms with Gasteiger partial charge in [0.05, 0.1) is 10.4 Å². The van der Waals surface area contributed by atoms with Gasteiger partial charge in [0.25, 0.3) is 0 Å². The first-order chi connectivity index (χ1) is 6.61. The van der Waals surface area contributed by atoms with Crippen LogP contribution in [0.4, 0.5) is 5.69 Å². The molecule has 0 atom stereocenters. The summed E-state index contributed by atoms with van der Waals surface area (Å²) in [5.41, 5.74) is 6.21. The molecule has 0 saturated heterocycles. The normalized spacial score (nSPS) is 10.7. The van der Waals surface area contributed by atoms with Gasteiger partial charge in [-0.1, -0.05) is 0 Å². The number of phenols is 1. The van der Waals surface area contributed by atoms with Crippen molar-refractivity contribution >= 4 is 39.7 Å². The molecule has 1 aromatic heterocycles. The topological polar surface area (TPSA) is 86.7 Å². The molecule has 6 heteroatoms. The maximum absolute atomic E-state index is 9.48. The van der Waals surface area contributed by atoms with Crippen LogP contribution in [0.1, 0.15) is 0 Å². The summed E-state index contributed by atoms with van der Waals surface area (Å²) >= 11 is 1.40. The zero-order chi connectivity index (χ0) is 10.3. The predicted octanol–water partition coefficient (Wildman–Crippen LogP) is -0.131. The highest BCUT2D eigenvalue weighted by molar-refractivity contribution is 7.18. The summed E-state index contributed by atoms with van der Waals surface area (Å²) in [6.07, 6.45) is 0. The third-order valence-corrected chi connectivity index (χ3v) is 3.01. The van der Waals surface area contributed by atoms with Crippen molar-refractivity contribution < 1.29 is 15.2 Å². The van der Waals surface area contributed by atoms with Crippen molar-refractivity contribution in [3.05, 3.63) is 17.5 Å². The fourth-order valence-corrected chi connectivity index (χ4v) is 2.29. The second-order valence-corrected chi connectivity index (χ2v) is 3.85. The Kier molecular flexibility index (Phi) is 2.11. The summed E-state index contributed by atoms with van der Waals surface area (Å²) in [7, 11) is -1.69. The zero-order valence-electron chi connectivity index (χ0n) is 7.14. The van der Waals surface area contributed by atoms with E-state index in [-0.39, 0.29) is 11.2 Å². The minimum absolute atomic E-state index is 0.107. The molecule has 0 bridgehead atoms. The SMILES string of the molecule is Nc1cc(O)c(B(O)O)c2ccsc12. The van der Waals surface area contributed by atoms with Crippen LogP contribution in [-0.2, 0) is 0 Å². The second-order valence-electron chi connectivity index (χ2n) is 2.94. The van der Waals surface area contributed by atoms with Crippen LogP contribution < -0.4 is 11.2 Å². The number of thiophene rings is 1. The number of fused-ring (bicyclic) bond motifs is 1. The van der Waals surface area contributed by atoms with Crippen molar-refractivity contribution in [2.45, 2.75) is 0 Å². The number of anilines is 1. The van der Waals surface area contributed by atoms with Crippen molar-refractivity contribution in [1.29, 1.82) is 0 Å². The molecule has 14 heavy (non-hydrogen) atoms. The van der Waals surface area contributed by atoms with Crippen LogP contribution in [0.2, 0.25) is 0 Å². The lowest BCUT2D eigenvalue weighted by molar-refractivity contribution is 0.420. The predicted molar refractivity (Wildman–Crippen MR) is 57.7 cm³/mol. The number of benzene rings is 1. The second kappa shape index (κ2) is 3.16. The Morgan fingerprint density at radius 1 is 1.36 bits per heavy atom. The van der Waals surface area contributed by atoms with Gasteiger partial charge in [0.15, 0.2) is 0 Å². The molecule has 0 aliphatic carbocycles. The molecule has 0 fully saturated rings. The van der Waals surface area contributed by atoms with Crippen molar-refractivity contribution in [2.75, 3.05) is 5.73 Å². The van der Waals surface area contributed by atoms with Crippen LogP contribution in [0.15, 0.2) is 17.5 Å². The summed E-state index contributed by atoms with van der Waals surface area (Å²) in [4.78, 5) is 0. The molecule has 0 saturated carbocycles. The van der Waals surface area contributed by atoms with E-state index in [1.807, 2.05) is 0 Å². The van der Waals surface area contributed by atoms with Crippen LogP contribution in [0, 0.1) is 0 Å². The maximum atomic E-state index is 9.48. The quantitative estimate of drug-likeness (QED) is 0.389. The molecular formula is C8H8BNO3S. The van der Waals surface area contributed by atoms with Crippen LogP contribution in [0.25, 0.3) is 10.1 Å². The molecule has 0 spiro atoms. The van der Waals surface area contributed by atoms with Crippen LogP contribution in [0.5, 0.6) is 5.75 Å². The maximum Gasteiger partial charge on any atom is 0.492 e. The Labute approximate surface area is 84.4 Å². The number of nitrogen functional groups attached to an aromatic ring is 1. The number of phenolic OH excluding ortho intramolecular Hbond substituents is 1. The van der Waals surface area contributed by atoms with E-state index >= 15 is 0 Å². The highest BCUT2D eigenvalue weighted by Gasteiger charge is 2.21. The third-order valence-electron chi connectivity index (χ3n) is 2.04. The Balaban J connectivity index is 2.86. The zero-order valence-corrected chi connectivity index (χ0v) is 7.95. The first-order valence-electron chi connectivity index (χ1n) is 3.96. The summed E-state index contributed by atoms with van der Waals surface area (Å²) < 4.78 is 0.755. The van der Waals surface area contributed by atoms with Gasteiger partial charge in [-0.25, -0.2) is 0 Å². The van der Waals surface area contributed by atoms with Gasteiger partial charge in [-0.2, -0.15) is 0 Å². The lowest BCUT2D eigenvalue weighted by atomic mass is 9.77. The molecule has 1 aromatic carbocycles. The Hall–Kier alpha value is -1.24. The third kappa shape index (κ3) is 1.24. The van der Waals surface area contributed by atoms with Gasteiger partial charge >= 0.3 is 7.12 Å². The van der Waals surface area contributed by atoms with Crippen LogP contribution >= 0.6 is 11.3 Å². The van der Waals surface area contributed by atoms with Gasteiger partial charge in [-0.15, -0.1) is 11.3 Å². The molecule has 0 radical (unpaired) electrons. The number of hydrogen-bond donors (Lipinski definition) is 4. The molecule has 1 heterocycles. The summed E-state index contributed by atoms with van der Waals surface area (Å²) in [5, 5.41) is 30.0. The fourth-order valence-electron chi connectivity index (χ4n) is 1.44.